The highest BCUT2D eigenvalue weighted by molar-refractivity contribution is 7.19. The zero-order chi connectivity index (χ0) is 20.4. The van der Waals surface area contributed by atoms with Crippen LogP contribution in [-0.4, -0.2) is 27.6 Å². The third kappa shape index (κ3) is 3.90. The summed E-state index contributed by atoms with van der Waals surface area (Å²) in [5.74, 6) is 1.14. The topological polar surface area (TPSA) is 98.7 Å². The summed E-state index contributed by atoms with van der Waals surface area (Å²) in [7, 11) is 1.60. The standard InChI is InChI=1S/C20H18N4O4S/c1-12-17(19(26)21-11-15-4-3-9-28-15)29-20-22-18(25)16(23-24(12)20)10-13-5-7-14(27-2)8-6-13/h3-9H,10-11H2,1-2H3,(H,21,26). The number of thiazole rings is 1. The molecule has 3 aromatic heterocycles. The average molecular weight is 410 g/mol. The van der Waals surface area contributed by atoms with Gasteiger partial charge in [0.1, 0.15) is 22.1 Å². The third-order valence-corrected chi connectivity index (χ3v) is 5.56. The molecule has 0 unspecified atom stereocenters. The van der Waals surface area contributed by atoms with E-state index in [9.17, 15) is 9.59 Å². The van der Waals surface area contributed by atoms with Crippen molar-refractivity contribution in [3.8, 4) is 5.75 Å². The quantitative estimate of drug-likeness (QED) is 0.525. The monoisotopic (exact) mass is 410 g/mol. The summed E-state index contributed by atoms with van der Waals surface area (Å²) in [6.45, 7) is 2.06. The van der Waals surface area contributed by atoms with E-state index in [1.54, 1.807) is 36.9 Å². The van der Waals surface area contributed by atoms with E-state index in [-0.39, 0.29) is 12.5 Å². The van der Waals surface area contributed by atoms with Gasteiger partial charge >= 0.3 is 0 Å². The summed E-state index contributed by atoms with van der Waals surface area (Å²) in [6.07, 6.45) is 1.89. The smallest absolute Gasteiger partial charge is 0.296 e. The first kappa shape index (κ1) is 18.9. The predicted octanol–water partition coefficient (Wildman–Crippen LogP) is 2.58. The van der Waals surface area contributed by atoms with Crippen LogP contribution in [0.4, 0.5) is 0 Å². The molecule has 3 heterocycles. The Hall–Kier alpha value is -3.46. The molecule has 0 saturated carbocycles. The fraction of sp³-hybridized carbons (Fsp3) is 0.200. The van der Waals surface area contributed by atoms with Crippen LogP contribution >= 0.6 is 11.3 Å². The van der Waals surface area contributed by atoms with E-state index >= 15 is 0 Å². The van der Waals surface area contributed by atoms with E-state index in [1.807, 2.05) is 24.3 Å². The number of aromatic nitrogens is 3. The second kappa shape index (κ2) is 7.88. The minimum atomic E-state index is -0.399. The fourth-order valence-corrected chi connectivity index (χ4v) is 3.84. The van der Waals surface area contributed by atoms with Gasteiger partial charge in [0.15, 0.2) is 0 Å². The zero-order valence-electron chi connectivity index (χ0n) is 15.8. The summed E-state index contributed by atoms with van der Waals surface area (Å²) in [6, 6.07) is 11.0. The van der Waals surface area contributed by atoms with E-state index in [1.165, 1.54) is 0 Å². The number of nitrogens with one attached hydrogen (secondary N) is 1. The van der Waals surface area contributed by atoms with Crippen molar-refractivity contribution in [2.24, 2.45) is 0 Å². The van der Waals surface area contributed by atoms with Crippen molar-refractivity contribution in [3.05, 3.63) is 80.6 Å². The molecule has 0 aliphatic carbocycles. The lowest BCUT2D eigenvalue weighted by Crippen LogP contribution is -2.22. The van der Waals surface area contributed by atoms with Crippen LogP contribution < -0.4 is 15.6 Å². The highest BCUT2D eigenvalue weighted by atomic mass is 32.1. The molecular weight excluding hydrogens is 392 g/mol. The molecule has 0 spiro atoms. The van der Waals surface area contributed by atoms with Gasteiger partial charge in [-0.15, -0.1) is 0 Å². The lowest BCUT2D eigenvalue weighted by molar-refractivity contribution is 0.0951. The molecule has 0 bridgehead atoms. The molecule has 1 N–H and O–H groups in total. The van der Waals surface area contributed by atoms with Crippen LogP contribution in [0.5, 0.6) is 5.75 Å². The number of furan rings is 1. The number of carbonyl (C=O) groups excluding carboxylic acids is 1. The van der Waals surface area contributed by atoms with Crippen LogP contribution in [0.25, 0.3) is 4.96 Å². The molecule has 0 radical (unpaired) electrons. The molecule has 8 nitrogen and oxygen atoms in total. The number of fused-ring (bicyclic) bond motifs is 1. The Balaban J connectivity index is 1.60. The maximum atomic E-state index is 12.6. The summed E-state index contributed by atoms with van der Waals surface area (Å²) < 4.78 is 11.9. The van der Waals surface area contributed by atoms with Gasteiger partial charge in [0, 0.05) is 6.42 Å². The van der Waals surface area contributed by atoms with Gasteiger partial charge in [-0.1, -0.05) is 23.5 Å². The molecule has 0 fully saturated rings. The normalized spacial score (nSPS) is 11.0. The molecule has 0 saturated heterocycles. The van der Waals surface area contributed by atoms with Gasteiger partial charge in [-0.25, -0.2) is 4.52 Å². The van der Waals surface area contributed by atoms with Crippen molar-refractivity contribution in [2.75, 3.05) is 7.11 Å². The Morgan fingerprint density at radius 3 is 2.76 bits per heavy atom. The van der Waals surface area contributed by atoms with Gasteiger partial charge in [-0.3, -0.25) is 9.59 Å². The number of benzene rings is 1. The van der Waals surface area contributed by atoms with Crippen LogP contribution in [0, 0.1) is 6.92 Å². The minimum Gasteiger partial charge on any atom is -0.497 e. The molecule has 4 aromatic rings. The maximum absolute atomic E-state index is 12.6. The van der Waals surface area contributed by atoms with E-state index in [4.69, 9.17) is 9.15 Å². The molecule has 148 valence electrons. The Labute approximate surface area is 169 Å². The van der Waals surface area contributed by atoms with E-state index in [2.05, 4.69) is 15.4 Å². The molecule has 1 aromatic carbocycles. The highest BCUT2D eigenvalue weighted by Crippen LogP contribution is 2.20. The van der Waals surface area contributed by atoms with Crippen molar-refractivity contribution >= 4 is 22.2 Å². The largest absolute Gasteiger partial charge is 0.497 e. The fourth-order valence-electron chi connectivity index (χ4n) is 2.87. The zero-order valence-corrected chi connectivity index (χ0v) is 16.7. The predicted molar refractivity (Wildman–Crippen MR) is 108 cm³/mol. The molecule has 4 rings (SSSR count). The van der Waals surface area contributed by atoms with Gasteiger partial charge in [0.2, 0.25) is 4.96 Å². The summed E-state index contributed by atoms with van der Waals surface area (Å²) in [5, 5.41) is 7.25. The number of rotatable bonds is 6. The Morgan fingerprint density at radius 1 is 1.28 bits per heavy atom. The van der Waals surface area contributed by atoms with Crippen LogP contribution in [0.2, 0.25) is 0 Å². The number of hydrogen-bond donors (Lipinski definition) is 1. The van der Waals surface area contributed by atoms with Crippen molar-refractivity contribution in [1.29, 1.82) is 0 Å². The third-order valence-electron chi connectivity index (χ3n) is 4.43. The molecule has 0 aliphatic heterocycles. The number of methoxy groups -OCH3 is 1. The van der Waals surface area contributed by atoms with E-state index in [0.717, 1.165) is 22.6 Å². The number of aryl methyl sites for hydroxylation is 1. The second-order valence-corrected chi connectivity index (χ2v) is 7.34. The van der Waals surface area contributed by atoms with Crippen molar-refractivity contribution in [3.63, 3.8) is 0 Å². The second-order valence-electron chi connectivity index (χ2n) is 6.36. The first-order valence-corrected chi connectivity index (χ1v) is 9.69. The molecular formula is C20H18N4O4S. The summed E-state index contributed by atoms with van der Waals surface area (Å²) in [4.78, 5) is 29.9. The average Bonchev–Trinajstić information content (AvgIpc) is 3.35. The van der Waals surface area contributed by atoms with Gasteiger partial charge in [0.25, 0.3) is 11.5 Å². The minimum absolute atomic E-state index is 0.264. The van der Waals surface area contributed by atoms with Gasteiger partial charge in [-0.2, -0.15) is 10.1 Å². The lowest BCUT2D eigenvalue weighted by atomic mass is 10.1. The SMILES string of the molecule is COc1ccc(Cc2nn3c(C)c(C(=O)NCc4ccco4)sc3nc2=O)cc1. The van der Waals surface area contributed by atoms with E-state index < -0.39 is 5.56 Å². The van der Waals surface area contributed by atoms with Gasteiger partial charge in [0.05, 0.1) is 25.6 Å². The molecule has 9 heteroatoms. The van der Waals surface area contributed by atoms with Crippen LogP contribution in [0.1, 0.15) is 32.4 Å². The summed E-state index contributed by atoms with van der Waals surface area (Å²) >= 11 is 1.13. The van der Waals surface area contributed by atoms with Crippen LogP contribution in [0.3, 0.4) is 0 Å². The molecule has 29 heavy (non-hydrogen) atoms. The van der Waals surface area contributed by atoms with Crippen molar-refractivity contribution in [1.82, 2.24) is 19.9 Å². The molecule has 0 atom stereocenters. The van der Waals surface area contributed by atoms with Crippen LogP contribution in [-0.2, 0) is 13.0 Å². The number of ether oxygens (including phenoxy) is 1. The van der Waals surface area contributed by atoms with Crippen molar-refractivity contribution < 1.29 is 13.9 Å². The number of carbonyl (C=O) groups is 1. The van der Waals surface area contributed by atoms with Gasteiger partial charge < -0.3 is 14.5 Å². The highest BCUT2D eigenvalue weighted by Gasteiger charge is 2.19. The Bertz CT molecular complexity index is 1210. The van der Waals surface area contributed by atoms with Crippen molar-refractivity contribution in [2.45, 2.75) is 19.9 Å². The first-order chi connectivity index (χ1) is 14.0. The van der Waals surface area contributed by atoms with E-state index in [0.29, 0.717) is 33.4 Å². The molecule has 1 amide bonds. The number of nitrogens with zero attached hydrogens (tertiary/aromatic N) is 3. The number of amides is 1. The first-order valence-electron chi connectivity index (χ1n) is 8.88. The summed E-state index contributed by atoms with van der Waals surface area (Å²) in [5.41, 5.74) is 1.47. The Morgan fingerprint density at radius 2 is 2.07 bits per heavy atom. The van der Waals surface area contributed by atoms with Crippen LogP contribution in [0.15, 0.2) is 51.9 Å². The van der Waals surface area contributed by atoms with Gasteiger partial charge in [-0.05, 0) is 36.8 Å². The Kier molecular flexibility index (Phi) is 5.13. The number of hydrogen-bond acceptors (Lipinski definition) is 7. The molecule has 0 aliphatic rings. The maximum Gasteiger partial charge on any atom is 0.296 e. The lowest BCUT2D eigenvalue weighted by Gasteiger charge is -2.04.